The van der Waals surface area contributed by atoms with Crippen LogP contribution in [-0.2, 0) is 4.79 Å². The minimum atomic E-state index is -1.19. The number of hydrogen-bond acceptors (Lipinski definition) is 3. The van der Waals surface area contributed by atoms with Gasteiger partial charge in [-0.2, -0.15) is 11.8 Å². The fourth-order valence-electron chi connectivity index (χ4n) is 1.51. The van der Waals surface area contributed by atoms with Crippen LogP contribution in [0.2, 0.25) is 0 Å². The van der Waals surface area contributed by atoms with Crippen molar-refractivity contribution < 1.29 is 14.7 Å². The van der Waals surface area contributed by atoms with Gasteiger partial charge < -0.3 is 15.7 Å². The first-order valence-corrected chi connectivity index (χ1v) is 8.14. The van der Waals surface area contributed by atoms with Crippen molar-refractivity contribution >= 4 is 23.8 Å². The van der Waals surface area contributed by atoms with Crippen LogP contribution in [-0.4, -0.2) is 41.2 Å². The predicted octanol–water partition coefficient (Wildman–Crippen LogP) is 2.46. The standard InChI is InChI=1S/C13H26N2O3S/c1-4-13(2,11(16)17)15-12(18)14-9-7-5-6-8-10-19-3/h4-10H2,1-3H3,(H,16,17)(H2,14,15,18). The highest BCUT2D eigenvalue weighted by Crippen LogP contribution is 2.08. The van der Waals surface area contributed by atoms with Crippen LogP contribution in [0.1, 0.15) is 46.0 Å². The van der Waals surface area contributed by atoms with Crippen LogP contribution in [0, 0.1) is 0 Å². The summed E-state index contributed by atoms with van der Waals surface area (Å²) in [5.41, 5.74) is -1.19. The molecule has 3 N–H and O–H groups in total. The fourth-order valence-corrected chi connectivity index (χ4v) is 2.01. The molecule has 0 bridgehead atoms. The highest BCUT2D eigenvalue weighted by molar-refractivity contribution is 7.98. The number of hydrogen-bond donors (Lipinski definition) is 3. The molecule has 112 valence electrons. The van der Waals surface area contributed by atoms with Crippen molar-refractivity contribution in [1.82, 2.24) is 10.6 Å². The van der Waals surface area contributed by atoms with Gasteiger partial charge in [-0.25, -0.2) is 9.59 Å². The number of urea groups is 1. The van der Waals surface area contributed by atoms with Crippen molar-refractivity contribution in [3.8, 4) is 0 Å². The summed E-state index contributed by atoms with van der Waals surface area (Å²) >= 11 is 1.85. The molecule has 0 rings (SSSR count). The Morgan fingerprint density at radius 1 is 1.21 bits per heavy atom. The lowest BCUT2D eigenvalue weighted by Crippen LogP contribution is -2.54. The first kappa shape index (κ1) is 18.1. The lowest BCUT2D eigenvalue weighted by Gasteiger charge is -2.24. The molecule has 0 saturated heterocycles. The van der Waals surface area contributed by atoms with Crippen LogP contribution in [0.3, 0.4) is 0 Å². The number of carboxylic acid groups (broad SMARTS) is 1. The second kappa shape index (κ2) is 9.95. The van der Waals surface area contributed by atoms with Gasteiger partial charge in [-0.3, -0.25) is 0 Å². The van der Waals surface area contributed by atoms with E-state index in [1.54, 1.807) is 6.92 Å². The molecule has 0 aromatic heterocycles. The van der Waals surface area contributed by atoms with E-state index in [1.807, 2.05) is 11.8 Å². The van der Waals surface area contributed by atoms with E-state index < -0.39 is 17.5 Å². The molecule has 0 radical (unpaired) electrons. The van der Waals surface area contributed by atoms with Crippen molar-refractivity contribution in [3.05, 3.63) is 0 Å². The van der Waals surface area contributed by atoms with Crippen LogP contribution >= 0.6 is 11.8 Å². The third-order valence-corrected chi connectivity index (χ3v) is 3.83. The molecule has 0 spiro atoms. The first-order valence-electron chi connectivity index (χ1n) is 6.74. The normalized spacial score (nSPS) is 13.6. The number of nitrogens with one attached hydrogen (secondary N) is 2. The summed E-state index contributed by atoms with van der Waals surface area (Å²) in [5, 5.41) is 14.2. The summed E-state index contributed by atoms with van der Waals surface area (Å²) in [7, 11) is 0. The van der Waals surface area contributed by atoms with E-state index in [0.717, 1.165) is 12.8 Å². The summed E-state index contributed by atoms with van der Waals surface area (Å²) < 4.78 is 0. The van der Waals surface area contributed by atoms with E-state index in [0.29, 0.717) is 13.0 Å². The van der Waals surface area contributed by atoms with E-state index in [9.17, 15) is 9.59 Å². The molecule has 0 aliphatic carbocycles. The Bertz CT molecular complexity index is 287. The Hall–Kier alpha value is -0.910. The van der Waals surface area contributed by atoms with Crippen LogP contribution in [0.4, 0.5) is 4.79 Å². The largest absolute Gasteiger partial charge is 0.480 e. The number of carbonyl (C=O) groups excluding carboxylic acids is 1. The summed E-state index contributed by atoms with van der Waals surface area (Å²) in [6.45, 7) is 3.84. The SMILES string of the molecule is CCC(C)(NC(=O)NCCCCCCSC)C(=O)O. The molecular formula is C13H26N2O3S. The smallest absolute Gasteiger partial charge is 0.329 e. The van der Waals surface area contributed by atoms with Crippen molar-refractivity contribution in [2.24, 2.45) is 0 Å². The first-order chi connectivity index (χ1) is 8.96. The molecule has 0 aliphatic rings. The molecule has 0 aromatic carbocycles. The average molecular weight is 290 g/mol. The third-order valence-electron chi connectivity index (χ3n) is 3.13. The van der Waals surface area contributed by atoms with E-state index in [-0.39, 0.29) is 0 Å². The maximum Gasteiger partial charge on any atom is 0.329 e. The molecule has 0 fully saturated rings. The van der Waals surface area contributed by atoms with Gasteiger partial charge in [0.15, 0.2) is 0 Å². The quantitative estimate of drug-likeness (QED) is 0.540. The lowest BCUT2D eigenvalue weighted by atomic mass is 10.00. The van der Waals surface area contributed by atoms with Gasteiger partial charge in [-0.05, 0) is 38.2 Å². The Kier molecular flexibility index (Phi) is 9.47. The molecule has 1 atom stereocenters. The maximum atomic E-state index is 11.6. The van der Waals surface area contributed by atoms with Gasteiger partial charge in [0, 0.05) is 6.54 Å². The molecule has 0 aliphatic heterocycles. The third kappa shape index (κ3) is 7.97. The molecular weight excluding hydrogens is 264 g/mol. The monoisotopic (exact) mass is 290 g/mol. The molecule has 19 heavy (non-hydrogen) atoms. The van der Waals surface area contributed by atoms with Gasteiger partial charge in [0.25, 0.3) is 0 Å². The molecule has 0 saturated carbocycles. The van der Waals surface area contributed by atoms with E-state index in [2.05, 4.69) is 16.9 Å². The number of thioether (sulfide) groups is 1. The number of carboxylic acids is 1. The summed E-state index contributed by atoms with van der Waals surface area (Å²) in [5.74, 6) is 0.170. The second-order valence-electron chi connectivity index (χ2n) is 4.78. The van der Waals surface area contributed by atoms with E-state index >= 15 is 0 Å². The number of rotatable bonds is 10. The Morgan fingerprint density at radius 3 is 2.37 bits per heavy atom. The zero-order valence-corrected chi connectivity index (χ0v) is 12.9. The number of carbonyl (C=O) groups is 2. The Morgan fingerprint density at radius 2 is 1.84 bits per heavy atom. The van der Waals surface area contributed by atoms with Crippen molar-refractivity contribution in [3.63, 3.8) is 0 Å². The topological polar surface area (TPSA) is 78.4 Å². The van der Waals surface area contributed by atoms with Gasteiger partial charge in [-0.1, -0.05) is 19.8 Å². The minimum absolute atomic E-state index is 0.352. The Labute approximate surface area is 119 Å². The number of amides is 2. The molecule has 5 nitrogen and oxygen atoms in total. The molecule has 6 heteroatoms. The summed E-state index contributed by atoms with van der Waals surface area (Å²) in [6, 6.07) is -0.407. The molecule has 0 heterocycles. The zero-order valence-electron chi connectivity index (χ0n) is 12.1. The summed E-state index contributed by atoms with van der Waals surface area (Å²) in [6.07, 6.45) is 6.85. The molecule has 2 amide bonds. The minimum Gasteiger partial charge on any atom is -0.480 e. The highest BCUT2D eigenvalue weighted by atomic mass is 32.2. The van der Waals surface area contributed by atoms with Crippen molar-refractivity contribution in [1.29, 1.82) is 0 Å². The average Bonchev–Trinajstić information content (AvgIpc) is 2.37. The highest BCUT2D eigenvalue weighted by Gasteiger charge is 2.32. The summed E-state index contributed by atoms with van der Waals surface area (Å²) in [4.78, 5) is 22.6. The fraction of sp³-hybridized carbons (Fsp3) is 0.846. The van der Waals surface area contributed by atoms with Crippen LogP contribution in [0.5, 0.6) is 0 Å². The van der Waals surface area contributed by atoms with Crippen LogP contribution in [0.15, 0.2) is 0 Å². The number of aliphatic carboxylic acids is 1. The lowest BCUT2D eigenvalue weighted by molar-refractivity contribution is -0.143. The van der Waals surface area contributed by atoms with Gasteiger partial charge in [0.1, 0.15) is 5.54 Å². The maximum absolute atomic E-state index is 11.6. The Balaban J connectivity index is 3.73. The van der Waals surface area contributed by atoms with Crippen molar-refractivity contribution in [2.75, 3.05) is 18.6 Å². The van der Waals surface area contributed by atoms with Gasteiger partial charge in [0.05, 0.1) is 0 Å². The predicted molar refractivity (Wildman–Crippen MR) is 79.7 cm³/mol. The van der Waals surface area contributed by atoms with Gasteiger partial charge in [-0.15, -0.1) is 0 Å². The molecule has 0 aromatic rings. The van der Waals surface area contributed by atoms with Gasteiger partial charge in [0.2, 0.25) is 0 Å². The van der Waals surface area contributed by atoms with Crippen LogP contribution in [0.25, 0.3) is 0 Å². The van der Waals surface area contributed by atoms with Crippen molar-refractivity contribution in [2.45, 2.75) is 51.5 Å². The zero-order chi connectivity index (χ0) is 14.7. The molecule has 1 unspecified atom stereocenters. The van der Waals surface area contributed by atoms with Crippen LogP contribution < -0.4 is 10.6 Å². The number of unbranched alkanes of at least 4 members (excludes halogenated alkanes) is 3. The second-order valence-corrected chi connectivity index (χ2v) is 5.76. The van der Waals surface area contributed by atoms with E-state index in [4.69, 9.17) is 5.11 Å². The van der Waals surface area contributed by atoms with Gasteiger partial charge >= 0.3 is 12.0 Å². The van der Waals surface area contributed by atoms with E-state index in [1.165, 1.54) is 25.5 Å².